The molecule has 1 atom stereocenters. The Bertz CT molecular complexity index is 438. The molecular weight excluding hydrogens is 276 g/mol. The van der Waals surface area contributed by atoms with Gasteiger partial charge < -0.3 is 15.7 Å². The molecule has 1 unspecified atom stereocenters. The predicted octanol–water partition coefficient (Wildman–Crippen LogP) is 1.39. The van der Waals surface area contributed by atoms with E-state index in [1.54, 1.807) is 12.1 Å². The Morgan fingerprint density at radius 3 is 2.60 bits per heavy atom. The summed E-state index contributed by atoms with van der Waals surface area (Å²) in [4.78, 5) is 24.1. The zero-order valence-electron chi connectivity index (χ0n) is 12.1. The van der Waals surface area contributed by atoms with Crippen LogP contribution >= 0.6 is 11.3 Å². The topological polar surface area (TPSA) is 78.4 Å². The van der Waals surface area contributed by atoms with Crippen molar-refractivity contribution in [2.45, 2.75) is 33.2 Å². The first-order chi connectivity index (χ1) is 9.34. The van der Waals surface area contributed by atoms with Crippen LogP contribution in [-0.4, -0.2) is 36.1 Å². The first-order valence-corrected chi connectivity index (χ1v) is 7.44. The second kappa shape index (κ2) is 7.40. The Balaban J connectivity index is 2.44. The highest BCUT2D eigenvalue weighted by atomic mass is 32.1. The number of thiophene rings is 1. The number of nitrogens with one attached hydrogen (secondary N) is 2. The molecule has 0 spiro atoms. The van der Waals surface area contributed by atoms with Crippen molar-refractivity contribution in [3.63, 3.8) is 0 Å². The van der Waals surface area contributed by atoms with Crippen LogP contribution in [0.3, 0.4) is 0 Å². The number of hydrogen-bond donors (Lipinski definition) is 3. The Kier molecular flexibility index (Phi) is 6.16. The van der Waals surface area contributed by atoms with E-state index >= 15 is 0 Å². The van der Waals surface area contributed by atoms with E-state index in [-0.39, 0.29) is 36.4 Å². The van der Waals surface area contributed by atoms with Crippen molar-refractivity contribution in [2.75, 3.05) is 13.2 Å². The molecule has 1 heterocycles. The fourth-order valence-corrected chi connectivity index (χ4v) is 2.39. The van der Waals surface area contributed by atoms with Crippen LogP contribution < -0.4 is 10.6 Å². The standard InChI is InChI=1S/C14H22N2O3S/c1-14(2,3)11(6-7-17)16-12(18)9-15-13(19)10-5-4-8-20-10/h4-5,8,11,17H,6-7,9H2,1-3H3,(H,15,19)(H,16,18). The molecule has 112 valence electrons. The van der Waals surface area contributed by atoms with Gasteiger partial charge in [-0.05, 0) is 23.3 Å². The lowest BCUT2D eigenvalue weighted by atomic mass is 9.85. The van der Waals surface area contributed by atoms with E-state index in [0.29, 0.717) is 11.3 Å². The predicted molar refractivity (Wildman–Crippen MR) is 79.7 cm³/mol. The van der Waals surface area contributed by atoms with Crippen LogP contribution in [0, 0.1) is 5.41 Å². The maximum atomic E-state index is 11.8. The smallest absolute Gasteiger partial charge is 0.261 e. The summed E-state index contributed by atoms with van der Waals surface area (Å²) in [5, 5.41) is 16.3. The zero-order chi connectivity index (χ0) is 15.2. The number of aliphatic hydroxyl groups is 1. The molecule has 0 aliphatic heterocycles. The minimum Gasteiger partial charge on any atom is -0.396 e. The molecule has 5 nitrogen and oxygen atoms in total. The van der Waals surface area contributed by atoms with Gasteiger partial charge in [0.05, 0.1) is 11.4 Å². The Hall–Kier alpha value is -1.40. The Morgan fingerprint density at radius 2 is 2.10 bits per heavy atom. The normalized spacial score (nSPS) is 12.8. The van der Waals surface area contributed by atoms with E-state index in [1.807, 2.05) is 26.2 Å². The number of aliphatic hydroxyl groups excluding tert-OH is 1. The van der Waals surface area contributed by atoms with Crippen LogP contribution in [0.2, 0.25) is 0 Å². The van der Waals surface area contributed by atoms with Crippen molar-refractivity contribution in [1.82, 2.24) is 10.6 Å². The second-order valence-electron chi connectivity index (χ2n) is 5.66. The second-order valence-corrected chi connectivity index (χ2v) is 6.61. The zero-order valence-corrected chi connectivity index (χ0v) is 12.9. The van der Waals surface area contributed by atoms with Crippen molar-refractivity contribution >= 4 is 23.2 Å². The van der Waals surface area contributed by atoms with Crippen LogP contribution in [0.25, 0.3) is 0 Å². The third-order valence-corrected chi connectivity index (χ3v) is 3.82. The molecule has 0 aromatic carbocycles. The van der Waals surface area contributed by atoms with Gasteiger partial charge in [-0.2, -0.15) is 0 Å². The van der Waals surface area contributed by atoms with Gasteiger partial charge in [0.15, 0.2) is 0 Å². The number of amides is 2. The summed E-state index contributed by atoms with van der Waals surface area (Å²) in [5.74, 6) is -0.493. The van der Waals surface area contributed by atoms with Crippen LogP contribution in [-0.2, 0) is 4.79 Å². The van der Waals surface area contributed by atoms with E-state index in [1.165, 1.54) is 11.3 Å². The molecule has 6 heteroatoms. The van der Waals surface area contributed by atoms with Crippen LogP contribution in [0.5, 0.6) is 0 Å². The van der Waals surface area contributed by atoms with Gasteiger partial charge in [-0.15, -0.1) is 11.3 Å². The van der Waals surface area contributed by atoms with Crippen molar-refractivity contribution in [2.24, 2.45) is 5.41 Å². The molecule has 3 N–H and O–H groups in total. The Labute approximate surface area is 123 Å². The van der Waals surface area contributed by atoms with Crippen LogP contribution in [0.1, 0.15) is 36.9 Å². The molecule has 0 saturated carbocycles. The van der Waals surface area contributed by atoms with Gasteiger partial charge in [-0.25, -0.2) is 0 Å². The van der Waals surface area contributed by atoms with E-state index in [0.717, 1.165) is 0 Å². The molecular formula is C14H22N2O3S. The van der Waals surface area contributed by atoms with E-state index < -0.39 is 0 Å². The van der Waals surface area contributed by atoms with Crippen molar-refractivity contribution < 1.29 is 14.7 Å². The average Bonchev–Trinajstić information content (AvgIpc) is 2.88. The highest BCUT2D eigenvalue weighted by molar-refractivity contribution is 7.12. The maximum Gasteiger partial charge on any atom is 0.261 e. The molecule has 20 heavy (non-hydrogen) atoms. The molecule has 0 radical (unpaired) electrons. The van der Waals surface area contributed by atoms with Gasteiger partial charge in [0, 0.05) is 12.6 Å². The first-order valence-electron chi connectivity index (χ1n) is 6.56. The molecule has 0 aliphatic rings. The van der Waals surface area contributed by atoms with Crippen molar-refractivity contribution in [3.8, 4) is 0 Å². The van der Waals surface area contributed by atoms with E-state index in [2.05, 4.69) is 10.6 Å². The summed E-state index contributed by atoms with van der Waals surface area (Å²) in [6.07, 6.45) is 0.494. The summed E-state index contributed by atoms with van der Waals surface area (Å²) >= 11 is 1.33. The van der Waals surface area contributed by atoms with Gasteiger partial charge in [0.1, 0.15) is 0 Å². The monoisotopic (exact) mass is 298 g/mol. The Morgan fingerprint density at radius 1 is 1.40 bits per heavy atom. The van der Waals surface area contributed by atoms with Gasteiger partial charge in [-0.1, -0.05) is 26.8 Å². The molecule has 1 aromatic heterocycles. The van der Waals surface area contributed by atoms with Crippen molar-refractivity contribution in [3.05, 3.63) is 22.4 Å². The van der Waals surface area contributed by atoms with Crippen LogP contribution in [0.15, 0.2) is 17.5 Å². The van der Waals surface area contributed by atoms with E-state index in [9.17, 15) is 9.59 Å². The van der Waals surface area contributed by atoms with E-state index in [4.69, 9.17) is 5.11 Å². The lowest BCUT2D eigenvalue weighted by Gasteiger charge is -2.31. The SMILES string of the molecule is CC(C)(C)C(CCO)NC(=O)CNC(=O)c1cccs1. The third-order valence-electron chi connectivity index (χ3n) is 2.95. The highest BCUT2D eigenvalue weighted by Crippen LogP contribution is 2.21. The highest BCUT2D eigenvalue weighted by Gasteiger charge is 2.25. The third kappa shape index (κ3) is 5.30. The fourth-order valence-electron chi connectivity index (χ4n) is 1.75. The van der Waals surface area contributed by atoms with Gasteiger partial charge in [-0.3, -0.25) is 9.59 Å². The van der Waals surface area contributed by atoms with Crippen molar-refractivity contribution in [1.29, 1.82) is 0 Å². The first kappa shape index (κ1) is 16.7. The molecule has 0 bridgehead atoms. The summed E-state index contributed by atoms with van der Waals surface area (Å²) in [6, 6.07) is 3.37. The fraction of sp³-hybridized carbons (Fsp3) is 0.571. The minimum absolute atomic E-state index is 0.0176. The summed E-state index contributed by atoms with van der Waals surface area (Å²) in [5.41, 5.74) is -0.143. The molecule has 0 fully saturated rings. The number of hydrogen-bond acceptors (Lipinski definition) is 4. The van der Waals surface area contributed by atoms with Gasteiger partial charge in [0.25, 0.3) is 5.91 Å². The summed E-state index contributed by atoms with van der Waals surface area (Å²) in [6.45, 7) is 5.95. The number of carbonyl (C=O) groups excluding carboxylic acids is 2. The molecule has 1 rings (SSSR count). The van der Waals surface area contributed by atoms with Crippen LogP contribution in [0.4, 0.5) is 0 Å². The lowest BCUT2D eigenvalue weighted by Crippen LogP contribution is -2.47. The quantitative estimate of drug-likeness (QED) is 0.742. The molecule has 2 amide bonds. The van der Waals surface area contributed by atoms with Gasteiger partial charge in [0.2, 0.25) is 5.91 Å². The lowest BCUT2D eigenvalue weighted by molar-refractivity contribution is -0.121. The molecule has 0 aliphatic carbocycles. The average molecular weight is 298 g/mol. The number of rotatable bonds is 6. The maximum absolute atomic E-state index is 11.8. The summed E-state index contributed by atoms with van der Waals surface area (Å²) < 4.78 is 0. The minimum atomic E-state index is -0.247. The largest absolute Gasteiger partial charge is 0.396 e. The molecule has 1 aromatic rings. The van der Waals surface area contributed by atoms with Gasteiger partial charge >= 0.3 is 0 Å². The molecule has 0 saturated heterocycles. The summed E-state index contributed by atoms with van der Waals surface area (Å²) in [7, 11) is 0. The number of carbonyl (C=O) groups is 2.